The molecule has 1 saturated carbocycles. The lowest BCUT2D eigenvalue weighted by Gasteiger charge is -2.39. The first-order valence-electron chi connectivity index (χ1n) is 7.22. The predicted molar refractivity (Wildman–Crippen MR) is 92.3 cm³/mol. The quantitative estimate of drug-likeness (QED) is 0.729. The number of rotatable bonds is 4. The zero-order valence-electron chi connectivity index (χ0n) is 12.4. The van der Waals surface area contributed by atoms with Gasteiger partial charge in [-0.25, -0.2) is 0 Å². The van der Waals surface area contributed by atoms with Gasteiger partial charge in [0.05, 0.1) is 18.2 Å². The van der Waals surface area contributed by atoms with Crippen LogP contribution < -0.4 is 10.1 Å². The first-order valence-corrected chi connectivity index (χ1v) is 9.13. The first kappa shape index (κ1) is 16.8. The van der Waals surface area contributed by atoms with Crippen molar-refractivity contribution in [2.45, 2.75) is 38.1 Å². The Morgan fingerprint density at radius 1 is 1.43 bits per heavy atom. The fourth-order valence-corrected chi connectivity index (χ4v) is 3.81. The maximum absolute atomic E-state index is 12.6. The van der Waals surface area contributed by atoms with Crippen LogP contribution in [0.25, 0.3) is 0 Å². The monoisotopic (exact) mass is 417 g/mol. The molecule has 2 rings (SSSR count). The van der Waals surface area contributed by atoms with Crippen molar-refractivity contribution in [3.8, 4) is 5.75 Å². The molecular weight excluding hydrogens is 398 g/mol. The minimum atomic E-state index is -0.137. The Kier molecular flexibility index (Phi) is 5.72. The van der Waals surface area contributed by atoms with E-state index in [4.69, 9.17) is 4.74 Å². The van der Waals surface area contributed by atoms with Crippen LogP contribution in [0.5, 0.6) is 5.75 Å². The van der Waals surface area contributed by atoms with Gasteiger partial charge in [-0.3, -0.25) is 4.79 Å². The third-order valence-electron chi connectivity index (χ3n) is 4.27. The summed E-state index contributed by atoms with van der Waals surface area (Å²) >= 11 is 6.98. The van der Waals surface area contributed by atoms with Crippen molar-refractivity contribution in [1.29, 1.82) is 0 Å². The summed E-state index contributed by atoms with van der Waals surface area (Å²) in [4.78, 5) is 12.6. The Hall–Kier alpha value is -0.550. The molecule has 0 saturated heterocycles. The second-order valence-corrected chi connectivity index (χ2v) is 7.37. The Morgan fingerprint density at radius 3 is 2.67 bits per heavy atom. The zero-order valence-corrected chi connectivity index (χ0v) is 15.6. The van der Waals surface area contributed by atoms with E-state index in [9.17, 15) is 4.79 Å². The van der Waals surface area contributed by atoms with Gasteiger partial charge in [0.15, 0.2) is 0 Å². The molecule has 1 aromatic rings. The number of alkyl halides is 1. The van der Waals surface area contributed by atoms with E-state index in [-0.39, 0.29) is 11.4 Å². The molecule has 0 heterocycles. The Morgan fingerprint density at radius 2 is 2.10 bits per heavy atom. The Labute approximate surface area is 143 Å². The van der Waals surface area contributed by atoms with E-state index < -0.39 is 0 Å². The largest absolute Gasteiger partial charge is 0.496 e. The van der Waals surface area contributed by atoms with Crippen molar-refractivity contribution in [3.63, 3.8) is 0 Å². The van der Waals surface area contributed by atoms with Crippen LogP contribution >= 0.6 is 31.9 Å². The molecule has 1 aliphatic carbocycles. The lowest BCUT2D eigenvalue weighted by molar-refractivity contribution is 0.0871. The van der Waals surface area contributed by atoms with E-state index in [0.717, 1.165) is 41.4 Å². The second kappa shape index (κ2) is 7.14. The van der Waals surface area contributed by atoms with Gasteiger partial charge < -0.3 is 10.1 Å². The van der Waals surface area contributed by atoms with E-state index in [1.54, 1.807) is 13.2 Å². The van der Waals surface area contributed by atoms with Crippen LogP contribution in [0.15, 0.2) is 22.7 Å². The third kappa shape index (κ3) is 4.01. The van der Waals surface area contributed by atoms with Crippen LogP contribution in [0, 0.1) is 5.92 Å². The fraction of sp³-hybridized carbons (Fsp3) is 0.562. The van der Waals surface area contributed by atoms with Crippen LogP contribution in [0.1, 0.15) is 43.0 Å². The van der Waals surface area contributed by atoms with Crippen molar-refractivity contribution in [1.82, 2.24) is 5.32 Å². The highest BCUT2D eigenvalue weighted by Gasteiger charge is 2.35. The van der Waals surface area contributed by atoms with E-state index in [0.29, 0.717) is 11.3 Å². The van der Waals surface area contributed by atoms with Gasteiger partial charge in [0.25, 0.3) is 5.91 Å². The average molecular weight is 419 g/mol. The van der Waals surface area contributed by atoms with Crippen LogP contribution in [0.3, 0.4) is 0 Å². The number of benzene rings is 1. The van der Waals surface area contributed by atoms with Crippen molar-refractivity contribution in [3.05, 3.63) is 28.2 Å². The van der Waals surface area contributed by atoms with Gasteiger partial charge in [0, 0.05) is 9.80 Å². The molecule has 0 radical (unpaired) electrons. The minimum Gasteiger partial charge on any atom is -0.496 e. The number of halogens is 2. The molecule has 0 bridgehead atoms. The summed E-state index contributed by atoms with van der Waals surface area (Å²) in [5, 5.41) is 4.02. The SMILES string of the molecule is COc1cc(Br)ccc1C(=O)NC1(CBr)CCC(C)CC1. The van der Waals surface area contributed by atoms with E-state index in [2.05, 4.69) is 44.1 Å². The topological polar surface area (TPSA) is 38.3 Å². The molecule has 0 aromatic heterocycles. The van der Waals surface area contributed by atoms with E-state index in [1.807, 2.05) is 12.1 Å². The number of hydrogen-bond acceptors (Lipinski definition) is 2. The zero-order chi connectivity index (χ0) is 15.5. The smallest absolute Gasteiger partial charge is 0.255 e. The molecule has 116 valence electrons. The van der Waals surface area contributed by atoms with E-state index in [1.165, 1.54) is 0 Å². The molecule has 0 unspecified atom stereocenters. The highest BCUT2D eigenvalue weighted by Crippen LogP contribution is 2.34. The maximum atomic E-state index is 12.6. The summed E-state index contributed by atoms with van der Waals surface area (Å²) in [6.45, 7) is 2.28. The number of methoxy groups -OCH3 is 1. The molecular formula is C16H21Br2NO2. The number of nitrogens with one attached hydrogen (secondary N) is 1. The molecule has 0 aliphatic heterocycles. The van der Waals surface area contributed by atoms with Gasteiger partial charge in [0.2, 0.25) is 0 Å². The van der Waals surface area contributed by atoms with E-state index >= 15 is 0 Å². The molecule has 21 heavy (non-hydrogen) atoms. The molecule has 1 aliphatic rings. The normalized spacial score (nSPS) is 25.4. The maximum Gasteiger partial charge on any atom is 0.255 e. The predicted octanol–water partition coefficient (Wildman–Crippen LogP) is 4.53. The summed E-state index contributed by atoms with van der Waals surface area (Å²) < 4.78 is 6.22. The molecule has 0 spiro atoms. The van der Waals surface area contributed by atoms with Gasteiger partial charge in [0.1, 0.15) is 5.75 Å². The molecule has 5 heteroatoms. The van der Waals surface area contributed by atoms with Gasteiger partial charge in [-0.2, -0.15) is 0 Å². The van der Waals surface area contributed by atoms with Crippen molar-refractivity contribution < 1.29 is 9.53 Å². The second-order valence-electron chi connectivity index (χ2n) is 5.90. The average Bonchev–Trinajstić information content (AvgIpc) is 2.49. The molecule has 1 fully saturated rings. The standard InChI is InChI=1S/C16H21Br2NO2/c1-11-5-7-16(10-17,8-6-11)19-15(20)13-4-3-12(18)9-14(13)21-2/h3-4,9,11H,5-8,10H2,1-2H3,(H,19,20). The summed E-state index contributed by atoms with van der Waals surface area (Å²) in [6.07, 6.45) is 4.35. The summed E-state index contributed by atoms with van der Waals surface area (Å²) in [6, 6.07) is 5.48. The number of carbonyl (C=O) groups is 1. The number of carbonyl (C=O) groups excluding carboxylic acids is 1. The molecule has 1 N–H and O–H groups in total. The van der Waals surface area contributed by atoms with Gasteiger partial charge in [-0.05, 0) is 49.8 Å². The number of amides is 1. The molecule has 0 atom stereocenters. The molecule has 3 nitrogen and oxygen atoms in total. The highest BCUT2D eigenvalue weighted by atomic mass is 79.9. The lowest BCUT2D eigenvalue weighted by atomic mass is 9.78. The minimum absolute atomic E-state index is 0.0617. The first-order chi connectivity index (χ1) is 9.99. The Balaban J connectivity index is 2.16. The lowest BCUT2D eigenvalue weighted by Crippen LogP contribution is -2.52. The van der Waals surface area contributed by atoms with Gasteiger partial charge >= 0.3 is 0 Å². The van der Waals surface area contributed by atoms with Crippen molar-refractivity contribution in [2.75, 3.05) is 12.4 Å². The summed E-state index contributed by atoms with van der Waals surface area (Å²) in [7, 11) is 1.58. The molecule has 1 aromatic carbocycles. The van der Waals surface area contributed by atoms with Gasteiger partial charge in [-0.1, -0.05) is 38.8 Å². The van der Waals surface area contributed by atoms with Crippen molar-refractivity contribution >= 4 is 37.8 Å². The Bertz CT molecular complexity index is 511. The highest BCUT2D eigenvalue weighted by molar-refractivity contribution is 9.10. The molecule has 1 amide bonds. The number of ether oxygens (including phenoxy) is 1. The third-order valence-corrected chi connectivity index (χ3v) is 5.84. The van der Waals surface area contributed by atoms with Crippen LogP contribution in [-0.4, -0.2) is 23.9 Å². The fourth-order valence-electron chi connectivity index (χ4n) is 2.77. The van der Waals surface area contributed by atoms with Crippen LogP contribution in [0.4, 0.5) is 0 Å². The van der Waals surface area contributed by atoms with Crippen LogP contribution in [-0.2, 0) is 0 Å². The van der Waals surface area contributed by atoms with Gasteiger partial charge in [-0.15, -0.1) is 0 Å². The summed E-state index contributed by atoms with van der Waals surface area (Å²) in [5.41, 5.74) is 0.446. The van der Waals surface area contributed by atoms with Crippen molar-refractivity contribution in [2.24, 2.45) is 5.92 Å². The summed E-state index contributed by atoms with van der Waals surface area (Å²) in [5.74, 6) is 1.28. The number of hydrogen-bond donors (Lipinski definition) is 1. The van der Waals surface area contributed by atoms with Crippen LogP contribution in [0.2, 0.25) is 0 Å².